The normalized spacial score (nSPS) is 13.7. The van der Waals surface area contributed by atoms with Crippen molar-refractivity contribution < 1.29 is 9.32 Å². The number of aryl methyl sites for hydroxylation is 2. The summed E-state index contributed by atoms with van der Waals surface area (Å²) in [5.74, 6) is 2.11. The van der Waals surface area contributed by atoms with E-state index in [2.05, 4.69) is 31.7 Å². The number of nitrogens with one attached hydrogen (secondary N) is 1. The summed E-state index contributed by atoms with van der Waals surface area (Å²) >= 11 is 0. The Morgan fingerprint density at radius 2 is 1.97 bits per heavy atom. The summed E-state index contributed by atoms with van der Waals surface area (Å²) in [6.07, 6.45) is 4.19. The number of benzene rings is 1. The molecule has 0 spiro atoms. The maximum atomic E-state index is 12.5. The first-order chi connectivity index (χ1) is 14.0. The van der Waals surface area contributed by atoms with Crippen molar-refractivity contribution in [2.45, 2.75) is 39.0 Å². The Labute approximate surface area is 167 Å². The molecule has 4 aromatic rings. The highest BCUT2D eigenvalue weighted by atomic mass is 16.5. The van der Waals surface area contributed by atoms with Crippen molar-refractivity contribution >= 4 is 17.2 Å². The van der Waals surface area contributed by atoms with E-state index in [1.165, 1.54) is 0 Å². The molecule has 0 bridgehead atoms. The molecule has 8 heteroatoms. The lowest BCUT2D eigenvalue weighted by Gasteiger charge is -2.07. The summed E-state index contributed by atoms with van der Waals surface area (Å²) in [6, 6.07) is 9.66. The number of hydrogen-bond donors (Lipinski definition) is 1. The van der Waals surface area contributed by atoms with Gasteiger partial charge in [-0.1, -0.05) is 11.2 Å². The van der Waals surface area contributed by atoms with E-state index in [0.717, 1.165) is 41.0 Å². The molecule has 0 saturated heterocycles. The van der Waals surface area contributed by atoms with Crippen molar-refractivity contribution in [3.63, 3.8) is 0 Å². The predicted octanol–water partition coefficient (Wildman–Crippen LogP) is 3.45. The van der Waals surface area contributed by atoms with E-state index >= 15 is 0 Å². The number of carbonyl (C=O) groups is 1. The van der Waals surface area contributed by atoms with Crippen LogP contribution < -0.4 is 5.32 Å². The molecular formula is C21H20N6O2. The molecule has 146 valence electrons. The average Bonchev–Trinajstić information content (AvgIpc) is 3.27. The summed E-state index contributed by atoms with van der Waals surface area (Å²) in [7, 11) is 0. The minimum atomic E-state index is -0.139. The minimum Gasteiger partial charge on any atom is -0.334 e. The van der Waals surface area contributed by atoms with Gasteiger partial charge in [0.25, 0.3) is 5.89 Å². The van der Waals surface area contributed by atoms with Crippen LogP contribution in [0.3, 0.4) is 0 Å². The van der Waals surface area contributed by atoms with E-state index in [9.17, 15) is 4.79 Å². The third kappa shape index (κ3) is 3.61. The van der Waals surface area contributed by atoms with Gasteiger partial charge in [0, 0.05) is 23.4 Å². The van der Waals surface area contributed by atoms with E-state index in [0.29, 0.717) is 23.3 Å². The molecule has 3 aromatic heterocycles. The zero-order chi connectivity index (χ0) is 20.0. The second-order valence-corrected chi connectivity index (χ2v) is 7.59. The molecule has 3 heterocycles. The van der Waals surface area contributed by atoms with Crippen molar-refractivity contribution in [1.29, 1.82) is 0 Å². The van der Waals surface area contributed by atoms with E-state index in [1.807, 2.05) is 44.3 Å². The Kier molecular flexibility index (Phi) is 4.12. The second-order valence-electron chi connectivity index (χ2n) is 7.59. The molecule has 1 aromatic carbocycles. The van der Waals surface area contributed by atoms with Gasteiger partial charge in [0.05, 0.1) is 6.42 Å². The van der Waals surface area contributed by atoms with Gasteiger partial charge in [-0.15, -0.1) is 10.2 Å². The largest absolute Gasteiger partial charge is 0.334 e. The highest BCUT2D eigenvalue weighted by Crippen LogP contribution is 2.38. The van der Waals surface area contributed by atoms with Crippen LogP contribution in [0.25, 0.3) is 17.1 Å². The molecule has 0 radical (unpaired) electrons. The lowest BCUT2D eigenvalue weighted by molar-refractivity contribution is -0.115. The molecule has 1 saturated carbocycles. The molecule has 1 fully saturated rings. The van der Waals surface area contributed by atoms with Crippen LogP contribution in [-0.2, 0) is 11.2 Å². The van der Waals surface area contributed by atoms with Gasteiger partial charge in [0.15, 0.2) is 11.5 Å². The zero-order valence-corrected chi connectivity index (χ0v) is 16.2. The van der Waals surface area contributed by atoms with E-state index in [-0.39, 0.29) is 12.3 Å². The van der Waals surface area contributed by atoms with Gasteiger partial charge in [-0.25, -0.2) is 0 Å². The predicted molar refractivity (Wildman–Crippen MR) is 107 cm³/mol. The summed E-state index contributed by atoms with van der Waals surface area (Å²) in [5.41, 5.74) is 4.41. The Morgan fingerprint density at radius 3 is 2.72 bits per heavy atom. The second kappa shape index (κ2) is 6.80. The van der Waals surface area contributed by atoms with Crippen LogP contribution in [0.1, 0.15) is 41.5 Å². The standard InChI is InChI=1S/C21H20N6O2/c1-12-7-13(2)9-16(8-12)22-19(28)11-18-25-24-17-10-15(5-6-27(17)18)21-23-20(26-29-21)14-3-4-14/h5-10,14H,3-4,11H2,1-2H3,(H,22,28). The van der Waals surface area contributed by atoms with Crippen molar-refractivity contribution in [3.05, 3.63) is 59.3 Å². The maximum Gasteiger partial charge on any atom is 0.258 e. The van der Waals surface area contributed by atoms with Gasteiger partial charge in [0.1, 0.15) is 5.82 Å². The minimum absolute atomic E-state index is 0.125. The van der Waals surface area contributed by atoms with Gasteiger partial charge in [-0.3, -0.25) is 9.20 Å². The third-order valence-corrected chi connectivity index (χ3v) is 4.94. The van der Waals surface area contributed by atoms with Gasteiger partial charge in [0.2, 0.25) is 5.91 Å². The number of aromatic nitrogens is 5. The summed E-state index contributed by atoms with van der Waals surface area (Å²) in [6.45, 7) is 4.01. The Balaban J connectivity index is 1.34. The van der Waals surface area contributed by atoms with Gasteiger partial charge in [-0.2, -0.15) is 4.98 Å². The SMILES string of the molecule is Cc1cc(C)cc(NC(=O)Cc2nnc3cc(-c4nc(C5CC5)no4)ccn23)c1. The van der Waals surface area contributed by atoms with Crippen molar-refractivity contribution in [2.24, 2.45) is 0 Å². The summed E-state index contributed by atoms with van der Waals surface area (Å²) < 4.78 is 7.17. The molecular weight excluding hydrogens is 368 g/mol. The van der Waals surface area contributed by atoms with Crippen LogP contribution in [0, 0.1) is 13.8 Å². The van der Waals surface area contributed by atoms with Gasteiger partial charge < -0.3 is 9.84 Å². The Bertz CT molecular complexity index is 1200. The van der Waals surface area contributed by atoms with Crippen LogP contribution in [0.2, 0.25) is 0 Å². The summed E-state index contributed by atoms with van der Waals surface area (Å²) in [5, 5.41) is 15.3. The van der Waals surface area contributed by atoms with Crippen LogP contribution in [0.4, 0.5) is 5.69 Å². The molecule has 5 rings (SSSR count). The lowest BCUT2D eigenvalue weighted by Crippen LogP contribution is -2.16. The molecule has 29 heavy (non-hydrogen) atoms. The number of carbonyl (C=O) groups excluding carboxylic acids is 1. The molecule has 1 aliphatic carbocycles. The van der Waals surface area contributed by atoms with Crippen LogP contribution in [0.5, 0.6) is 0 Å². The fraction of sp³-hybridized carbons (Fsp3) is 0.286. The monoisotopic (exact) mass is 388 g/mol. The van der Waals surface area contributed by atoms with Crippen molar-refractivity contribution in [2.75, 3.05) is 5.32 Å². The number of rotatable bonds is 5. The van der Waals surface area contributed by atoms with Gasteiger partial charge in [-0.05, 0) is 62.1 Å². The molecule has 0 unspecified atom stereocenters. The zero-order valence-electron chi connectivity index (χ0n) is 16.2. The first-order valence-electron chi connectivity index (χ1n) is 9.61. The molecule has 1 N–H and O–H groups in total. The average molecular weight is 388 g/mol. The van der Waals surface area contributed by atoms with Crippen LogP contribution in [0.15, 0.2) is 41.1 Å². The Morgan fingerprint density at radius 1 is 1.17 bits per heavy atom. The van der Waals surface area contributed by atoms with Crippen LogP contribution >= 0.6 is 0 Å². The number of hydrogen-bond acceptors (Lipinski definition) is 6. The summed E-state index contributed by atoms with van der Waals surface area (Å²) in [4.78, 5) is 16.9. The van der Waals surface area contributed by atoms with Gasteiger partial charge >= 0.3 is 0 Å². The topological polar surface area (TPSA) is 98.2 Å². The number of amides is 1. The van der Waals surface area contributed by atoms with Crippen molar-refractivity contribution in [1.82, 2.24) is 24.7 Å². The fourth-order valence-corrected chi connectivity index (χ4v) is 3.45. The number of nitrogens with zero attached hydrogens (tertiary/aromatic N) is 5. The highest BCUT2D eigenvalue weighted by Gasteiger charge is 2.29. The molecule has 1 aliphatic rings. The van der Waals surface area contributed by atoms with E-state index in [4.69, 9.17) is 4.52 Å². The quantitative estimate of drug-likeness (QED) is 0.562. The first-order valence-corrected chi connectivity index (χ1v) is 9.61. The number of pyridine rings is 1. The van der Waals surface area contributed by atoms with E-state index in [1.54, 1.807) is 4.40 Å². The molecule has 0 atom stereocenters. The molecule has 0 aliphatic heterocycles. The Hall–Kier alpha value is -3.55. The van der Waals surface area contributed by atoms with Crippen LogP contribution in [-0.4, -0.2) is 30.6 Å². The van der Waals surface area contributed by atoms with E-state index < -0.39 is 0 Å². The maximum absolute atomic E-state index is 12.5. The number of anilines is 1. The molecule has 1 amide bonds. The highest BCUT2D eigenvalue weighted by molar-refractivity contribution is 5.92. The lowest BCUT2D eigenvalue weighted by atomic mass is 10.1. The fourth-order valence-electron chi connectivity index (χ4n) is 3.45. The molecule has 8 nitrogen and oxygen atoms in total. The first kappa shape index (κ1) is 17.5. The third-order valence-electron chi connectivity index (χ3n) is 4.94. The van der Waals surface area contributed by atoms with Crippen molar-refractivity contribution in [3.8, 4) is 11.5 Å². The number of fused-ring (bicyclic) bond motifs is 1. The smallest absolute Gasteiger partial charge is 0.258 e.